The van der Waals surface area contributed by atoms with Crippen LogP contribution in [-0.2, 0) is 4.79 Å². The predicted molar refractivity (Wildman–Crippen MR) is 91.0 cm³/mol. The van der Waals surface area contributed by atoms with Crippen molar-refractivity contribution < 1.29 is 4.79 Å². The number of carbonyl (C=O) groups is 1. The van der Waals surface area contributed by atoms with Crippen molar-refractivity contribution in [3.63, 3.8) is 0 Å². The molecule has 1 aromatic rings. The fraction of sp³-hybridized carbons (Fsp3) is 0.632. The summed E-state index contributed by atoms with van der Waals surface area (Å²) in [4.78, 5) is 15.1. The Labute approximate surface area is 134 Å². The Morgan fingerprint density at radius 2 is 1.86 bits per heavy atom. The average Bonchev–Trinajstić information content (AvgIpc) is 2.56. The minimum atomic E-state index is 0.0321. The number of hydrogen-bond acceptors (Lipinski definition) is 2. The van der Waals surface area contributed by atoms with E-state index in [1.807, 2.05) is 6.07 Å². The highest BCUT2D eigenvalue weighted by Gasteiger charge is 2.33. The summed E-state index contributed by atoms with van der Waals surface area (Å²) in [5.74, 6) is 0.401. The van der Waals surface area contributed by atoms with Gasteiger partial charge in [0.15, 0.2) is 0 Å². The monoisotopic (exact) mass is 300 g/mol. The number of rotatable bonds is 3. The first kappa shape index (κ1) is 15.4. The quantitative estimate of drug-likeness (QED) is 0.922. The molecule has 0 spiro atoms. The molecule has 1 aromatic carbocycles. The first-order valence-corrected chi connectivity index (χ1v) is 8.78. The maximum Gasteiger partial charge on any atom is 0.225 e. The fourth-order valence-electron chi connectivity index (χ4n) is 3.92. The molecule has 1 N–H and O–H groups in total. The topological polar surface area (TPSA) is 32.3 Å². The number of nitrogens with zero attached hydrogens (tertiary/aromatic N) is 1. The maximum absolute atomic E-state index is 12.7. The number of benzene rings is 1. The van der Waals surface area contributed by atoms with E-state index < -0.39 is 0 Å². The molecule has 0 bridgehead atoms. The Bertz CT molecular complexity index is 493. The Morgan fingerprint density at radius 1 is 1.14 bits per heavy atom. The van der Waals surface area contributed by atoms with Gasteiger partial charge >= 0.3 is 0 Å². The highest BCUT2D eigenvalue weighted by molar-refractivity contribution is 5.80. The number of carbonyl (C=O) groups excluding carboxylic acids is 1. The van der Waals surface area contributed by atoms with Gasteiger partial charge in [0.1, 0.15) is 0 Å². The summed E-state index contributed by atoms with van der Waals surface area (Å²) in [6.07, 6.45) is 8.20. The van der Waals surface area contributed by atoms with E-state index in [1.165, 1.54) is 24.9 Å². The van der Waals surface area contributed by atoms with E-state index in [4.69, 9.17) is 0 Å². The van der Waals surface area contributed by atoms with Gasteiger partial charge < -0.3 is 10.2 Å². The van der Waals surface area contributed by atoms with Crippen molar-refractivity contribution in [2.45, 2.75) is 57.4 Å². The van der Waals surface area contributed by atoms with Crippen molar-refractivity contribution >= 4 is 11.6 Å². The van der Waals surface area contributed by atoms with Crippen molar-refractivity contribution in [3.05, 3.63) is 30.3 Å². The standard InChI is InChI=1S/C19H28N2O/c1-19(12-6-3-7-13-19)20-18(22)16-9-8-14-21(15-16)17-10-4-2-5-11-17/h2,4-5,10-11,16H,3,6-9,12-15H2,1H3,(H,20,22)/t16-/m0/s1. The normalized spacial score (nSPS) is 24.8. The van der Waals surface area contributed by atoms with Gasteiger partial charge in [-0.3, -0.25) is 4.79 Å². The SMILES string of the molecule is CC1(NC(=O)[C@H]2CCCN(c3ccccc3)C2)CCCCC1. The number of piperidine rings is 1. The molecule has 0 radical (unpaired) electrons. The lowest BCUT2D eigenvalue weighted by Gasteiger charge is -2.38. The zero-order valence-electron chi connectivity index (χ0n) is 13.7. The summed E-state index contributed by atoms with van der Waals surface area (Å²) in [5, 5.41) is 3.37. The van der Waals surface area contributed by atoms with E-state index in [1.54, 1.807) is 0 Å². The number of hydrogen-bond donors (Lipinski definition) is 1. The van der Waals surface area contributed by atoms with E-state index >= 15 is 0 Å². The van der Waals surface area contributed by atoms with Crippen LogP contribution in [0.1, 0.15) is 51.9 Å². The molecule has 1 saturated carbocycles. The summed E-state index contributed by atoms with van der Waals surface area (Å²) in [6.45, 7) is 4.14. The molecule has 3 rings (SSSR count). The van der Waals surface area contributed by atoms with Gasteiger partial charge in [-0.2, -0.15) is 0 Å². The lowest BCUT2D eigenvalue weighted by Crippen LogP contribution is -2.52. The van der Waals surface area contributed by atoms with E-state index in [0.29, 0.717) is 0 Å². The second kappa shape index (κ2) is 6.72. The Morgan fingerprint density at radius 3 is 2.59 bits per heavy atom. The first-order valence-electron chi connectivity index (χ1n) is 8.78. The van der Waals surface area contributed by atoms with Gasteiger partial charge in [0.2, 0.25) is 5.91 Å². The summed E-state index contributed by atoms with van der Waals surface area (Å²) in [5.41, 5.74) is 1.27. The molecule has 3 nitrogen and oxygen atoms in total. The first-order chi connectivity index (χ1) is 10.7. The highest BCUT2D eigenvalue weighted by atomic mass is 16.2. The zero-order chi connectivity index (χ0) is 15.4. The molecule has 22 heavy (non-hydrogen) atoms. The van der Waals surface area contributed by atoms with Crippen LogP contribution in [0.15, 0.2) is 30.3 Å². The van der Waals surface area contributed by atoms with Gasteiger partial charge in [0.05, 0.1) is 5.92 Å². The summed E-state index contributed by atoms with van der Waals surface area (Å²) < 4.78 is 0. The molecule has 2 aliphatic rings. The van der Waals surface area contributed by atoms with Gasteiger partial charge in [-0.25, -0.2) is 0 Å². The predicted octanol–water partition coefficient (Wildman–Crippen LogP) is 3.74. The van der Waals surface area contributed by atoms with E-state index in [-0.39, 0.29) is 17.4 Å². The lowest BCUT2D eigenvalue weighted by molar-refractivity contribution is -0.127. The van der Waals surface area contributed by atoms with Crippen molar-refractivity contribution in [1.29, 1.82) is 0 Å². The highest BCUT2D eigenvalue weighted by Crippen LogP contribution is 2.29. The third-order valence-corrected chi connectivity index (χ3v) is 5.30. The molecule has 1 heterocycles. The molecule has 3 heteroatoms. The van der Waals surface area contributed by atoms with E-state index in [2.05, 4.69) is 41.4 Å². The molecule has 1 atom stereocenters. The van der Waals surface area contributed by atoms with Crippen molar-refractivity contribution in [2.75, 3.05) is 18.0 Å². The minimum absolute atomic E-state index is 0.0321. The van der Waals surface area contributed by atoms with Gasteiger partial charge in [-0.15, -0.1) is 0 Å². The van der Waals surface area contributed by atoms with Crippen LogP contribution >= 0.6 is 0 Å². The van der Waals surface area contributed by atoms with E-state index in [9.17, 15) is 4.79 Å². The number of amides is 1. The fourth-order valence-corrected chi connectivity index (χ4v) is 3.92. The second-order valence-electron chi connectivity index (χ2n) is 7.23. The van der Waals surface area contributed by atoms with Crippen LogP contribution in [0, 0.1) is 5.92 Å². The van der Waals surface area contributed by atoms with Crippen LogP contribution in [-0.4, -0.2) is 24.5 Å². The average molecular weight is 300 g/mol. The third kappa shape index (κ3) is 3.63. The number of anilines is 1. The zero-order valence-corrected chi connectivity index (χ0v) is 13.7. The van der Waals surface area contributed by atoms with Crippen LogP contribution in [0.2, 0.25) is 0 Å². The summed E-state index contributed by atoms with van der Waals surface area (Å²) >= 11 is 0. The molecule has 2 fully saturated rings. The van der Waals surface area contributed by atoms with Crippen LogP contribution in [0.4, 0.5) is 5.69 Å². The maximum atomic E-state index is 12.7. The van der Waals surface area contributed by atoms with Crippen LogP contribution in [0.3, 0.4) is 0 Å². The number of para-hydroxylation sites is 1. The Kier molecular flexibility index (Phi) is 4.70. The second-order valence-corrected chi connectivity index (χ2v) is 7.23. The minimum Gasteiger partial charge on any atom is -0.371 e. The molecule has 1 aliphatic heterocycles. The van der Waals surface area contributed by atoms with Crippen LogP contribution in [0.25, 0.3) is 0 Å². The van der Waals surface area contributed by atoms with Gasteiger partial charge in [-0.05, 0) is 44.7 Å². The van der Waals surface area contributed by atoms with Crippen molar-refractivity contribution in [2.24, 2.45) is 5.92 Å². The smallest absolute Gasteiger partial charge is 0.225 e. The van der Waals surface area contributed by atoms with Gasteiger partial charge in [0, 0.05) is 24.3 Å². The summed E-state index contributed by atoms with van der Waals surface area (Å²) in [6, 6.07) is 10.5. The lowest BCUT2D eigenvalue weighted by atomic mass is 9.82. The van der Waals surface area contributed by atoms with Gasteiger partial charge in [-0.1, -0.05) is 37.5 Å². The van der Waals surface area contributed by atoms with Crippen LogP contribution < -0.4 is 10.2 Å². The van der Waals surface area contributed by atoms with Crippen molar-refractivity contribution in [3.8, 4) is 0 Å². The molecular formula is C19H28N2O. The molecular weight excluding hydrogens is 272 g/mol. The summed E-state index contributed by atoms with van der Waals surface area (Å²) in [7, 11) is 0. The molecule has 1 aliphatic carbocycles. The van der Waals surface area contributed by atoms with E-state index in [0.717, 1.165) is 38.8 Å². The third-order valence-electron chi connectivity index (χ3n) is 5.30. The Balaban J connectivity index is 1.60. The van der Waals surface area contributed by atoms with Crippen LogP contribution in [0.5, 0.6) is 0 Å². The van der Waals surface area contributed by atoms with Crippen molar-refractivity contribution in [1.82, 2.24) is 5.32 Å². The molecule has 120 valence electrons. The molecule has 0 aromatic heterocycles. The largest absolute Gasteiger partial charge is 0.371 e. The number of nitrogens with one attached hydrogen (secondary N) is 1. The molecule has 0 unspecified atom stereocenters. The molecule has 1 saturated heterocycles. The molecule has 1 amide bonds. The van der Waals surface area contributed by atoms with Gasteiger partial charge in [0.25, 0.3) is 0 Å². The Hall–Kier alpha value is -1.51.